The molecule has 9 heteroatoms. The van der Waals surface area contributed by atoms with Crippen LogP contribution in [0, 0.1) is 11.8 Å². The molecule has 0 unspecified atom stereocenters. The highest BCUT2D eigenvalue weighted by Crippen LogP contribution is 2.37. The van der Waals surface area contributed by atoms with Gasteiger partial charge < -0.3 is 15.8 Å². The minimum absolute atomic E-state index is 0.0433. The fraction of sp³-hybridized carbons (Fsp3) is 0.484. The van der Waals surface area contributed by atoms with Gasteiger partial charge in [-0.3, -0.25) is 9.59 Å². The van der Waals surface area contributed by atoms with Gasteiger partial charge in [-0.1, -0.05) is 69.0 Å². The van der Waals surface area contributed by atoms with Gasteiger partial charge in [0.25, 0.3) is 0 Å². The first-order valence-corrected chi connectivity index (χ1v) is 15.8. The molecule has 1 aliphatic rings. The SMILES string of the molecule is CC(C)CCc1ccc(OCCCC(=O)Nc2ccc3c(c2)C(=O)[C@H](Sc2nnc(N)s2)C3)c(CCC(C)C)c1. The van der Waals surface area contributed by atoms with Gasteiger partial charge in [0.1, 0.15) is 5.75 Å². The van der Waals surface area contributed by atoms with Gasteiger partial charge in [-0.15, -0.1) is 10.2 Å². The largest absolute Gasteiger partial charge is 0.493 e. The van der Waals surface area contributed by atoms with Crippen LogP contribution < -0.4 is 15.8 Å². The number of nitrogens with zero attached hydrogens (tertiary/aromatic N) is 2. The molecule has 1 aliphatic carbocycles. The van der Waals surface area contributed by atoms with E-state index in [0.717, 1.165) is 30.6 Å². The fourth-order valence-electron chi connectivity index (χ4n) is 4.67. The van der Waals surface area contributed by atoms with Gasteiger partial charge >= 0.3 is 0 Å². The summed E-state index contributed by atoms with van der Waals surface area (Å²) in [7, 11) is 0. The lowest BCUT2D eigenvalue weighted by atomic mass is 9.97. The minimum Gasteiger partial charge on any atom is -0.493 e. The maximum Gasteiger partial charge on any atom is 0.224 e. The number of nitrogen functional groups attached to an aromatic ring is 1. The van der Waals surface area contributed by atoms with Crippen LogP contribution in [0.4, 0.5) is 10.8 Å². The van der Waals surface area contributed by atoms with Crippen molar-refractivity contribution in [1.29, 1.82) is 0 Å². The quantitative estimate of drug-likeness (QED) is 0.198. The van der Waals surface area contributed by atoms with Crippen LogP contribution in [0.3, 0.4) is 0 Å². The molecule has 40 heavy (non-hydrogen) atoms. The number of nitrogens with two attached hydrogens (primary N) is 1. The van der Waals surface area contributed by atoms with E-state index in [1.807, 2.05) is 12.1 Å². The number of Topliss-reactive ketones (excluding diaryl/α,β-unsaturated/α-hetero) is 1. The molecule has 7 nitrogen and oxygen atoms in total. The number of amides is 1. The Kier molecular flexibility index (Phi) is 10.6. The van der Waals surface area contributed by atoms with E-state index >= 15 is 0 Å². The maximum absolute atomic E-state index is 13.0. The van der Waals surface area contributed by atoms with Crippen LogP contribution in [0.15, 0.2) is 40.7 Å². The molecular formula is C31H40N4O3S2. The summed E-state index contributed by atoms with van der Waals surface area (Å²) in [5, 5.41) is 10.9. The minimum atomic E-state index is -0.250. The monoisotopic (exact) mass is 580 g/mol. The summed E-state index contributed by atoms with van der Waals surface area (Å²) in [5.74, 6) is 2.19. The maximum atomic E-state index is 13.0. The van der Waals surface area contributed by atoms with E-state index in [1.165, 1.54) is 40.6 Å². The summed E-state index contributed by atoms with van der Waals surface area (Å²) in [6, 6.07) is 12.1. The molecule has 0 saturated carbocycles. The number of rotatable bonds is 14. The Balaban J connectivity index is 1.26. The van der Waals surface area contributed by atoms with Crippen LogP contribution in [-0.2, 0) is 24.1 Å². The van der Waals surface area contributed by atoms with Crippen molar-refractivity contribution in [3.05, 3.63) is 58.7 Å². The number of fused-ring (bicyclic) bond motifs is 1. The molecule has 2 aromatic carbocycles. The molecule has 1 amide bonds. The highest BCUT2D eigenvalue weighted by Gasteiger charge is 2.32. The Morgan fingerprint density at radius 2 is 1.88 bits per heavy atom. The summed E-state index contributed by atoms with van der Waals surface area (Å²) in [6.45, 7) is 9.48. The molecule has 4 rings (SSSR count). The number of anilines is 2. The molecule has 0 aliphatic heterocycles. The lowest BCUT2D eigenvalue weighted by Gasteiger charge is -2.15. The van der Waals surface area contributed by atoms with E-state index in [1.54, 1.807) is 6.07 Å². The third kappa shape index (κ3) is 8.54. The van der Waals surface area contributed by atoms with Gasteiger partial charge in [0.05, 0.1) is 11.9 Å². The molecule has 0 fully saturated rings. The number of aromatic nitrogens is 2. The standard InChI is InChI=1S/C31H40N4O3S2/c1-19(2)7-9-21-10-14-26(23(16-21)11-8-20(3)4)38-15-5-6-28(36)33-24-13-12-22-17-27(29(37)25(22)18-24)39-31-35-34-30(32)40-31/h10,12-14,16,18-20,27H,5-9,11,15,17H2,1-4H3,(H2,32,34)(H,33,36)/t27-/m1/s1. The normalized spacial score (nSPS) is 14.7. The Labute approximate surface area is 245 Å². The molecule has 0 bridgehead atoms. The van der Waals surface area contributed by atoms with Gasteiger partial charge in [0.2, 0.25) is 11.0 Å². The Morgan fingerprint density at radius 1 is 1.10 bits per heavy atom. The number of ketones is 1. The first-order valence-electron chi connectivity index (χ1n) is 14.1. The number of hydrogen-bond acceptors (Lipinski definition) is 8. The fourth-order valence-corrected chi connectivity index (χ4v) is 6.64. The average Bonchev–Trinajstić information content (AvgIpc) is 3.46. The lowest BCUT2D eigenvalue weighted by molar-refractivity contribution is -0.116. The molecular weight excluding hydrogens is 541 g/mol. The molecule has 214 valence electrons. The van der Waals surface area contributed by atoms with Crippen molar-refractivity contribution in [1.82, 2.24) is 10.2 Å². The van der Waals surface area contributed by atoms with Crippen molar-refractivity contribution in [3.63, 3.8) is 0 Å². The molecule has 1 heterocycles. The molecule has 1 atom stereocenters. The van der Waals surface area contributed by atoms with Crippen molar-refractivity contribution in [3.8, 4) is 5.75 Å². The van der Waals surface area contributed by atoms with E-state index in [2.05, 4.69) is 61.4 Å². The van der Waals surface area contributed by atoms with Crippen LogP contribution >= 0.6 is 23.1 Å². The molecule has 0 radical (unpaired) electrons. The second kappa shape index (κ2) is 14.1. The zero-order valence-electron chi connectivity index (χ0n) is 23.9. The van der Waals surface area contributed by atoms with E-state index in [4.69, 9.17) is 10.5 Å². The van der Waals surface area contributed by atoms with E-state index in [0.29, 0.717) is 58.4 Å². The third-order valence-electron chi connectivity index (χ3n) is 6.95. The number of hydrogen-bond donors (Lipinski definition) is 2. The molecule has 0 spiro atoms. The Morgan fingerprint density at radius 3 is 2.60 bits per heavy atom. The van der Waals surface area contributed by atoms with Crippen molar-refractivity contribution < 1.29 is 14.3 Å². The van der Waals surface area contributed by atoms with Crippen LogP contribution in [0.25, 0.3) is 0 Å². The Hall–Kier alpha value is -2.91. The first kappa shape index (κ1) is 30.1. The number of benzene rings is 2. The second-order valence-electron chi connectivity index (χ2n) is 11.3. The van der Waals surface area contributed by atoms with Crippen LogP contribution in [-0.4, -0.2) is 33.7 Å². The summed E-state index contributed by atoms with van der Waals surface area (Å²) in [4.78, 5) is 25.6. The van der Waals surface area contributed by atoms with Crippen LogP contribution in [0.2, 0.25) is 0 Å². The average molecular weight is 581 g/mol. The highest BCUT2D eigenvalue weighted by molar-refractivity contribution is 8.02. The summed E-state index contributed by atoms with van der Waals surface area (Å²) < 4.78 is 6.83. The molecule has 1 aromatic heterocycles. The number of nitrogens with one attached hydrogen (secondary N) is 1. The molecule has 0 saturated heterocycles. The van der Waals surface area contributed by atoms with Gasteiger partial charge in [-0.2, -0.15) is 0 Å². The number of thioether (sulfide) groups is 1. The number of carbonyl (C=O) groups is 2. The molecule has 3 N–H and O–H groups in total. The smallest absolute Gasteiger partial charge is 0.224 e. The zero-order valence-corrected chi connectivity index (χ0v) is 25.5. The number of ether oxygens (including phenoxy) is 1. The van der Waals surface area contributed by atoms with Crippen molar-refractivity contribution in [2.24, 2.45) is 11.8 Å². The van der Waals surface area contributed by atoms with Gasteiger partial charge in [0, 0.05) is 17.7 Å². The van der Waals surface area contributed by atoms with Gasteiger partial charge in [-0.05, 0) is 85.3 Å². The Bertz CT molecular complexity index is 1320. The summed E-state index contributed by atoms with van der Waals surface area (Å²) in [6.07, 6.45) is 5.95. The van der Waals surface area contributed by atoms with Gasteiger partial charge in [0.15, 0.2) is 10.1 Å². The van der Waals surface area contributed by atoms with Gasteiger partial charge in [-0.25, -0.2) is 0 Å². The molecule has 3 aromatic rings. The second-order valence-corrected chi connectivity index (χ2v) is 13.7. The predicted octanol–water partition coefficient (Wildman–Crippen LogP) is 6.99. The zero-order chi connectivity index (χ0) is 28.6. The van der Waals surface area contributed by atoms with E-state index in [9.17, 15) is 9.59 Å². The lowest BCUT2D eigenvalue weighted by Crippen LogP contribution is -2.14. The van der Waals surface area contributed by atoms with Crippen molar-refractivity contribution in [2.75, 3.05) is 17.7 Å². The summed E-state index contributed by atoms with van der Waals surface area (Å²) in [5.41, 5.74) is 10.6. The van der Waals surface area contributed by atoms with E-state index < -0.39 is 0 Å². The topological polar surface area (TPSA) is 107 Å². The van der Waals surface area contributed by atoms with E-state index in [-0.39, 0.29) is 16.9 Å². The summed E-state index contributed by atoms with van der Waals surface area (Å²) >= 11 is 2.67. The number of aryl methyl sites for hydroxylation is 2. The first-order chi connectivity index (χ1) is 19.2. The van der Waals surface area contributed by atoms with Crippen molar-refractivity contribution in [2.45, 2.75) is 82.2 Å². The van der Waals surface area contributed by atoms with Crippen molar-refractivity contribution >= 4 is 45.6 Å². The highest BCUT2D eigenvalue weighted by atomic mass is 32.2. The van der Waals surface area contributed by atoms with Crippen LogP contribution in [0.1, 0.15) is 80.4 Å². The number of carbonyl (C=O) groups excluding carboxylic acids is 2. The third-order valence-corrected chi connectivity index (χ3v) is 8.99. The van der Waals surface area contributed by atoms with Crippen LogP contribution in [0.5, 0.6) is 5.75 Å². The predicted molar refractivity (Wildman–Crippen MR) is 165 cm³/mol.